The van der Waals surface area contributed by atoms with Crippen LogP contribution in [0.15, 0.2) is 36.5 Å². The average Bonchev–Trinajstić information content (AvgIpc) is 3.43. The number of aromatic nitrogens is 2. The molecule has 0 saturated carbocycles. The maximum Gasteiger partial charge on any atom is 0.256 e. The molecule has 37 heavy (non-hydrogen) atoms. The van der Waals surface area contributed by atoms with Gasteiger partial charge in [-0.2, -0.15) is 5.10 Å². The highest BCUT2D eigenvalue weighted by molar-refractivity contribution is 5.90. The summed E-state index contributed by atoms with van der Waals surface area (Å²) in [5.74, 6) is -0.595. The average molecular weight is 532 g/mol. The molecular formula is C26H35ClFN7O2. The summed E-state index contributed by atoms with van der Waals surface area (Å²) in [5.41, 5.74) is 4.57. The third kappa shape index (κ3) is 6.57. The molecule has 9 nitrogen and oxygen atoms in total. The summed E-state index contributed by atoms with van der Waals surface area (Å²) in [6, 6.07) is 8.72. The van der Waals surface area contributed by atoms with Crippen molar-refractivity contribution in [2.75, 3.05) is 44.7 Å². The van der Waals surface area contributed by atoms with Crippen LogP contribution in [0.2, 0.25) is 0 Å². The maximum absolute atomic E-state index is 13.7. The first-order valence-corrected chi connectivity index (χ1v) is 12.2. The third-order valence-electron chi connectivity index (χ3n) is 6.60. The van der Waals surface area contributed by atoms with Crippen molar-refractivity contribution in [1.29, 1.82) is 0 Å². The SMILES string of the molecule is CCNCCNC(=O)CN(CC(=O)N(C)N1Cc2ccc(F)cc2C1)c1cc2c(cnn2C)cc1C.Cl. The summed E-state index contributed by atoms with van der Waals surface area (Å²) in [4.78, 5) is 28.0. The molecule has 1 aliphatic heterocycles. The molecule has 0 atom stereocenters. The van der Waals surface area contributed by atoms with Crippen LogP contribution in [0.25, 0.3) is 10.9 Å². The fourth-order valence-corrected chi connectivity index (χ4v) is 4.55. The van der Waals surface area contributed by atoms with E-state index < -0.39 is 0 Å². The van der Waals surface area contributed by atoms with E-state index in [1.54, 1.807) is 29.0 Å². The molecule has 0 spiro atoms. The van der Waals surface area contributed by atoms with Gasteiger partial charge in [0.2, 0.25) is 5.91 Å². The molecule has 0 saturated heterocycles. The van der Waals surface area contributed by atoms with Gasteiger partial charge in [0.1, 0.15) is 5.82 Å². The summed E-state index contributed by atoms with van der Waals surface area (Å²) in [6.45, 7) is 7.06. The second-order valence-electron chi connectivity index (χ2n) is 9.18. The summed E-state index contributed by atoms with van der Waals surface area (Å²) >= 11 is 0. The molecule has 4 rings (SSSR count). The highest BCUT2D eigenvalue weighted by Crippen LogP contribution is 2.28. The number of hydrazine groups is 1. The Labute approximate surface area is 223 Å². The van der Waals surface area contributed by atoms with Gasteiger partial charge in [-0.15, -0.1) is 12.4 Å². The number of rotatable bonds is 10. The van der Waals surface area contributed by atoms with Crippen LogP contribution in [0.4, 0.5) is 10.1 Å². The number of hydrogen-bond donors (Lipinski definition) is 2. The van der Waals surface area contributed by atoms with Crippen LogP contribution in [0, 0.1) is 12.7 Å². The van der Waals surface area contributed by atoms with Crippen molar-refractivity contribution in [3.05, 3.63) is 59.0 Å². The van der Waals surface area contributed by atoms with Gasteiger partial charge < -0.3 is 15.5 Å². The van der Waals surface area contributed by atoms with Gasteiger partial charge in [-0.3, -0.25) is 19.3 Å². The third-order valence-corrected chi connectivity index (χ3v) is 6.60. The number of nitrogens with zero attached hydrogens (tertiary/aromatic N) is 5. The fourth-order valence-electron chi connectivity index (χ4n) is 4.55. The molecule has 3 aromatic rings. The number of hydrogen-bond acceptors (Lipinski definition) is 6. The molecule has 2 aromatic carbocycles. The van der Waals surface area contributed by atoms with Crippen molar-refractivity contribution in [2.45, 2.75) is 26.9 Å². The predicted octanol–water partition coefficient (Wildman–Crippen LogP) is 2.36. The molecule has 2 heterocycles. The van der Waals surface area contributed by atoms with Gasteiger partial charge in [-0.25, -0.2) is 9.40 Å². The maximum atomic E-state index is 13.7. The van der Waals surface area contributed by atoms with Crippen LogP contribution >= 0.6 is 12.4 Å². The van der Waals surface area contributed by atoms with E-state index in [9.17, 15) is 14.0 Å². The molecule has 0 radical (unpaired) electrons. The molecular weight excluding hydrogens is 497 g/mol. The molecule has 0 fully saturated rings. The minimum atomic E-state index is -0.281. The second-order valence-corrected chi connectivity index (χ2v) is 9.18. The molecule has 0 bridgehead atoms. The molecule has 1 aliphatic rings. The van der Waals surface area contributed by atoms with Crippen LogP contribution in [0.3, 0.4) is 0 Å². The fraction of sp³-hybridized carbons (Fsp3) is 0.423. The lowest BCUT2D eigenvalue weighted by molar-refractivity contribution is -0.145. The van der Waals surface area contributed by atoms with Crippen LogP contribution in [-0.2, 0) is 29.7 Å². The van der Waals surface area contributed by atoms with Gasteiger partial charge in [0, 0.05) is 51.3 Å². The Hall–Kier alpha value is -3.21. The topological polar surface area (TPSA) is 85.7 Å². The first-order valence-electron chi connectivity index (χ1n) is 12.2. The Kier molecular flexibility index (Phi) is 9.47. The van der Waals surface area contributed by atoms with Crippen molar-refractivity contribution in [3.8, 4) is 0 Å². The van der Waals surface area contributed by atoms with Gasteiger partial charge in [-0.05, 0) is 54.4 Å². The number of likely N-dealkylation sites (N-methyl/N-ethyl adjacent to an activating group) is 2. The van der Waals surface area contributed by atoms with Gasteiger partial charge in [0.15, 0.2) is 0 Å². The van der Waals surface area contributed by atoms with E-state index in [0.29, 0.717) is 26.2 Å². The number of halogens is 2. The van der Waals surface area contributed by atoms with E-state index in [-0.39, 0.29) is 43.1 Å². The minimum Gasteiger partial charge on any atom is -0.353 e. The predicted molar refractivity (Wildman–Crippen MR) is 145 cm³/mol. The Morgan fingerprint density at radius 2 is 1.86 bits per heavy atom. The lowest BCUT2D eigenvalue weighted by Crippen LogP contribution is -2.48. The molecule has 2 N–H and O–H groups in total. The normalized spacial score (nSPS) is 12.8. The molecule has 1 aromatic heterocycles. The Bertz CT molecular complexity index is 1270. The number of aryl methyl sites for hydroxylation is 2. The highest BCUT2D eigenvalue weighted by atomic mass is 35.5. The van der Waals surface area contributed by atoms with Gasteiger partial charge in [-0.1, -0.05) is 13.0 Å². The van der Waals surface area contributed by atoms with E-state index >= 15 is 0 Å². The first kappa shape index (κ1) is 28.4. The number of amides is 2. The summed E-state index contributed by atoms with van der Waals surface area (Å²) in [7, 11) is 3.59. The second kappa shape index (κ2) is 12.4. The van der Waals surface area contributed by atoms with Crippen molar-refractivity contribution in [3.63, 3.8) is 0 Å². The summed E-state index contributed by atoms with van der Waals surface area (Å²) in [5, 5.41) is 14.9. The number of carbonyl (C=O) groups excluding carboxylic acids is 2. The Balaban J connectivity index is 0.00000380. The Morgan fingerprint density at radius 1 is 1.11 bits per heavy atom. The van der Waals surface area contributed by atoms with Crippen molar-refractivity contribution < 1.29 is 14.0 Å². The van der Waals surface area contributed by atoms with Crippen LogP contribution < -0.4 is 15.5 Å². The zero-order valence-electron chi connectivity index (χ0n) is 21.8. The van der Waals surface area contributed by atoms with E-state index in [4.69, 9.17) is 0 Å². The van der Waals surface area contributed by atoms with Crippen molar-refractivity contribution in [2.24, 2.45) is 7.05 Å². The molecule has 2 amide bonds. The lowest BCUT2D eigenvalue weighted by atomic mass is 10.1. The van der Waals surface area contributed by atoms with E-state index in [1.165, 1.54) is 12.1 Å². The monoisotopic (exact) mass is 531 g/mol. The molecule has 0 aliphatic carbocycles. The van der Waals surface area contributed by atoms with Crippen LogP contribution in [-0.4, -0.2) is 71.4 Å². The first-order chi connectivity index (χ1) is 17.3. The molecule has 0 unspecified atom stereocenters. The highest BCUT2D eigenvalue weighted by Gasteiger charge is 2.27. The number of anilines is 1. The number of nitrogens with one attached hydrogen (secondary N) is 2. The van der Waals surface area contributed by atoms with E-state index in [2.05, 4.69) is 15.7 Å². The quantitative estimate of drug-likeness (QED) is 0.391. The lowest BCUT2D eigenvalue weighted by Gasteiger charge is -2.32. The number of fused-ring (bicyclic) bond motifs is 2. The smallest absolute Gasteiger partial charge is 0.256 e. The van der Waals surface area contributed by atoms with E-state index in [1.807, 2.05) is 42.9 Å². The number of carbonyl (C=O) groups is 2. The van der Waals surface area contributed by atoms with Crippen molar-refractivity contribution in [1.82, 2.24) is 30.4 Å². The summed E-state index contributed by atoms with van der Waals surface area (Å²) < 4.78 is 15.4. The van der Waals surface area contributed by atoms with Gasteiger partial charge in [0.05, 0.1) is 24.8 Å². The zero-order chi connectivity index (χ0) is 25.8. The Morgan fingerprint density at radius 3 is 2.62 bits per heavy atom. The molecule has 11 heteroatoms. The largest absolute Gasteiger partial charge is 0.353 e. The van der Waals surface area contributed by atoms with E-state index in [0.717, 1.165) is 39.8 Å². The minimum absolute atomic E-state index is 0. The van der Waals surface area contributed by atoms with Crippen LogP contribution in [0.5, 0.6) is 0 Å². The standard InChI is InChI=1S/C26H34FN7O2.ClH/c1-5-28-8-9-29-25(35)16-33(23-12-24-20(10-18(23)2)13-30-31(24)3)17-26(36)32(4)34-14-19-6-7-22(27)11-21(19)15-34;/h6-7,10-13,28H,5,8-9,14-17H2,1-4H3,(H,29,35);1H. The van der Waals surface area contributed by atoms with Gasteiger partial charge in [0.25, 0.3) is 5.91 Å². The molecule has 200 valence electrons. The summed E-state index contributed by atoms with van der Waals surface area (Å²) in [6.07, 6.45) is 1.80. The van der Waals surface area contributed by atoms with Gasteiger partial charge >= 0.3 is 0 Å². The van der Waals surface area contributed by atoms with Crippen molar-refractivity contribution >= 4 is 40.8 Å². The zero-order valence-corrected chi connectivity index (χ0v) is 22.6. The number of benzene rings is 2. The van der Waals surface area contributed by atoms with Crippen LogP contribution in [0.1, 0.15) is 23.6 Å².